The molecule has 0 aliphatic rings. The Hall–Kier alpha value is -3.28. The van der Waals surface area contributed by atoms with Gasteiger partial charge in [-0.3, -0.25) is 0 Å². The zero-order chi connectivity index (χ0) is 19.6. The molecule has 0 aliphatic heterocycles. The number of nitrogens with two attached hydrogens (primary N) is 1. The van der Waals surface area contributed by atoms with Crippen molar-refractivity contribution in [3.63, 3.8) is 0 Å². The van der Waals surface area contributed by atoms with Crippen molar-refractivity contribution in [2.24, 2.45) is 0 Å². The first-order valence-electron chi connectivity index (χ1n) is 8.67. The van der Waals surface area contributed by atoms with Gasteiger partial charge in [0.2, 0.25) is 5.95 Å². The summed E-state index contributed by atoms with van der Waals surface area (Å²) in [6, 6.07) is 11.1. The van der Waals surface area contributed by atoms with E-state index in [2.05, 4.69) is 9.97 Å². The highest BCUT2D eigenvalue weighted by Crippen LogP contribution is 2.40. The van der Waals surface area contributed by atoms with Gasteiger partial charge in [0.15, 0.2) is 0 Å². The number of phenolic OH excluding ortho intramolecular Hbond substituents is 1. The Morgan fingerprint density at radius 2 is 1.74 bits per heavy atom. The molecule has 0 saturated carbocycles. The summed E-state index contributed by atoms with van der Waals surface area (Å²) in [6.07, 6.45) is 0.758. The number of aromatic hydroxyl groups is 1. The topological polar surface area (TPSA) is 90.5 Å². The summed E-state index contributed by atoms with van der Waals surface area (Å²) >= 11 is 0. The van der Waals surface area contributed by atoms with Crippen LogP contribution in [0.1, 0.15) is 18.2 Å². The Morgan fingerprint density at radius 1 is 1.04 bits per heavy atom. The number of methoxy groups -OCH3 is 2. The summed E-state index contributed by atoms with van der Waals surface area (Å²) in [5, 5.41) is 10.6. The van der Waals surface area contributed by atoms with Crippen molar-refractivity contribution in [3.8, 4) is 39.6 Å². The standard InChI is InChI=1S/C21H23N3O3/c1-5-13-10-16(17(25)11-18(13)27-4)20-19(12(2)23-21(22)24-20)14-6-8-15(26-3)9-7-14/h6-11,25H,5H2,1-4H3,(H2,22,23,24). The largest absolute Gasteiger partial charge is 0.507 e. The molecule has 27 heavy (non-hydrogen) atoms. The van der Waals surface area contributed by atoms with E-state index in [9.17, 15) is 5.11 Å². The maximum atomic E-state index is 10.6. The molecule has 3 N–H and O–H groups in total. The van der Waals surface area contributed by atoms with Crippen LogP contribution in [0.15, 0.2) is 36.4 Å². The second-order valence-electron chi connectivity index (χ2n) is 6.15. The van der Waals surface area contributed by atoms with Crippen LogP contribution in [-0.2, 0) is 6.42 Å². The van der Waals surface area contributed by atoms with E-state index in [1.165, 1.54) is 0 Å². The Bertz CT molecular complexity index is 969. The van der Waals surface area contributed by atoms with Gasteiger partial charge >= 0.3 is 0 Å². The number of phenols is 1. The van der Waals surface area contributed by atoms with Gasteiger partial charge < -0.3 is 20.3 Å². The summed E-state index contributed by atoms with van der Waals surface area (Å²) in [7, 11) is 3.21. The number of ether oxygens (including phenoxy) is 2. The highest BCUT2D eigenvalue weighted by Gasteiger charge is 2.19. The van der Waals surface area contributed by atoms with Crippen LogP contribution in [0, 0.1) is 6.92 Å². The molecule has 0 bridgehead atoms. The lowest BCUT2D eigenvalue weighted by Crippen LogP contribution is -2.03. The average Bonchev–Trinajstić information content (AvgIpc) is 2.67. The maximum Gasteiger partial charge on any atom is 0.220 e. The number of aryl methyl sites for hydroxylation is 2. The molecule has 140 valence electrons. The van der Waals surface area contributed by atoms with Crippen LogP contribution >= 0.6 is 0 Å². The Balaban J connectivity index is 2.27. The van der Waals surface area contributed by atoms with Crippen LogP contribution in [0.5, 0.6) is 17.2 Å². The fraction of sp³-hybridized carbons (Fsp3) is 0.238. The lowest BCUT2D eigenvalue weighted by Gasteiger charge is -2.16. The van der Waals surface area contributed by atoms with Crippen molar-refractivity contribution in [2.75, 3.05) is 20.0 Å². The lowest BCUT2D eigenvalue weighted by atomic mass is 9.95. The fourth-order valence-electron chi connectivity index (χ4n) is 3.16. The quantitative estimate of drug-likeness (QED) is 0.710. The third kappa shape index (κ3) is 3.51. The van der Waals surface area contributed by atoms with Gasteiger partial charge in [0.1, 0.15) is 17.2 Å². The Morgan fingerprint density at radius 3 is 2.33 bits per heavy atom. The van der Waals surface area contributed by atoms with Crippen molar-refractivity contribution in [3.05, 3.63) is 47.7 Å². The molecule has 0 amide bonds. The number of anilines is 1. The SMILES string of the molecule is CCc1cc(-c2nc(N)nc(C)c2-c2ccc(OC)cc2)c(O)cc1OC. The third-order valence-electron chi connectivity index (χ3n) is 4.52. The summed E-state index contributed by atoms with van der Waals surface area (Å²) in [5.74, 6) is 1.64. The van der Waals surface area contributed by atoms with Gasteiger partial charge in [-0.05, 0) is 42.7 Å². The zero-order valence-corrected chi connectivity index (χ0v) is 15.9. The van der Waals surface area contributed by atoms with E-state index in [4.69, 9.17) is 15.2 Å². The first kappa shape index (κ1) is 18.5. The van der Waals surface area contributed by atoms with E-state index < -0.39 is 0 Å². The zero-order valence-electron chi connectivity index (χ0n) is 15.9. The Labute approximate surface area is 158 Å². The second-order valence-corrected chi connectivity index (χ2v) is 6.15. The van der Waals surface area contributed by atoms with Gasteiger partial charge in [-0.1, -0.05) is 19.1 Å². The van der Waals surface area contributed by atoms with Crippen molar-refractivity contribution >= 4 is 5.95 Å². The van der Waals surface area contributed by atoms with Gasteiger partial charge in [0, 0.05) is 17.2 Å². The predicted molar refractivity (Wildman–Crippen MR) is 106 cm³/mol. The first-order chi connectivity index (χ1) is 13.0. The van der Waals surface area contributed by atoms with Crippen LogP contribution in [-0.4, -0.2) is 29.3 Å². The molecule has 1 heterocycles. The van der Waals surface area contributed by atoms with Crippen molar-refractivity contribution < 1.29 is 14.6 Å². The van der Waals surface area contributed by atoms with E-state index in [0.717, 1.165) is 34.6 Å². The monoisotopic (exact) mass is 365 g/mol. The highest BCUT2D eigenvalue weighted by molar-refractivity contribution is 5.86. The Kier molecular flexibility index (Phi) is 5.16. The molecule has 0 aliphatic carbocycles. The predicted octanol–water partition coefficient (Wildman–Crippen LogP) is 3.99. The van der Waals surface area contributed by atoms with E-state index in [1.807, 2.05) is 44.2 Å². The summed E-state index contributed by atoms with van der Waals surface area (Å²) in [6.45, 7) is 3.91. The molecule has 6 nitrogen and oxygen atoms in total. The van der Waals surface area contributed by atoms with Crippen molar-refractivity contribution in [1.82, 2.24) is 9.97 Å². The van der Waals surface area contributed by atoms with Gasteiger partial charge in [-0.25, -0.2) is 9.97 Å². The van der Waals surface area contributed by atoms with Gasteiger partial charge in [0.05, 0.1) is 25.6 Å². The van der Waals surface area contributed by atoms with Gasteiger partial charge in [-0.2, -0.15) is 0 Å². The second kappa shape index (κ2) is 7.53. The third-order valence-corrected chi connectivity index (χ3v) is 4.52. The van der Waals surface area contributed by atoms with Gasteiger partial charge in [0.25, 0.3) is 0 Å². The molecule has 3 aromatic rings. The van der Waals surface area contributed by atoms with Crippen LogP contribution in [0.2, 0.25) is 0 Å². The molecule has 3 rings (SSSR count). The fourth-order valence-corrected chi connectivity index (χ4v) is 3.16. The number of hydrogen-bond donors (Lipinski definition) is 2. The first-order valence-corrected chi connectivity index (χ1v) is 8.67. The molecule has 0 fully saturated rings. The normalized spacial score (nSPS) is 10.7. The van der Waals surface area contributed by atoms with Crippen LogP contribution in [0.4, 0.5) is 5.95 Å². The summed E-state index contributed by atoms with van der Waals surface area (Å²) in [5.41, 5.74) is 10.5. The molecule has 0 atom stereocenters. The minimum absolute atomic E-state index is 0.0799. The van der Waals surface area contributed by atoms with Crippen molar-refractivity contribution in [2.45, 2.75) is 20.3 Å². The number of nitrogen functional groups attached to an aromatic ring is 1. The molecule has 0 spiro atoms. The van der Waals surface area contributed by atoms with E-state index in [1.54, 1.807) is 20.3 Å². The van der Waals surface area contributed by atoms with Crippen LogP contribution < -0.4 is 15.2 Å². The smallest absolute Gasteiger partial charge is 0.220 e. The molecule has 0 radical (unpaired) electrons. The summed E-state index contributed by atoms with van der Waals surface area (Å²) < 4.78 is 10.6. The van der Waals surface area contributed by atoms with Crippen molar-refractivity contribution in [1.29, 1.82) is 0 Å². The molecule has 0 saturated heterocycles. The maximum absolute atomic E-state index is 10.6. The molecular formula is C21H23N3O3. The van der Waals surface area contributed by atoms with E-state index in [-0.39, 0.29) is 11.7 Å². The minimum atomic E-state index is 0.0799. The number of benzene rings is 2. The number of nitrogens with zero attached hydrogens (tertiary/aromatic N) is 2. The molecule has 1 aromatic heterocycles. The molecule has 2 aromatic carbocycles. The number of aromatic nitrogens is 2. The van der Waals surface area contributed by atoms with E-state index in [0.29, 0.717) is 17.0 Å². The lowest BCUT2D eigenvalue weighted by molar-refractivity contribution is 0.403. The number of hydrogen-bond acceptors (Lipinski definition) is 6. The highest BCUT2D eigenvalue weighted by atomic mass is 16.5. The van der Waals surface area contributed by atoms with Crippen LogP contribution in [0.3, 0.4) is 0 Å². The van der Waals surface area contributed by atoms with Crippen LogP contribution in [0.25, 0.3) is 22.4 Å². The average molecular weight is 365 g/mol. The molecule has 0 unspecified atom stereocenters. The molecular weight excluding hydrogens is 342 g/mol. The van der Waals surface area contributed by atoms with E-state index >= 15 is 0 Å². The minimum Gasteiger partial charge on any atom is -0.507 e. The van der Waals surface area contributed by atoms with Gasteiger partial charge in [-0.15, -0.1) is 0 Å². The summed E-state index contributed by atoms with van der Waals surface area (Å²) in [4.78, 5) is 8.76. The molecule has 6 heteroatoms. The number of rotatable bonds is 5.